The van der Waals surface area contributed by atoms with Gasteiger partial charge in [-0.2, -0.15) is 0 Å². The van der Waals surface area contributed by atoms with Gasteiger partial charge in [-0.05, 0) is 30.1 Å². The molecule has 0 heterocycles. The summed E-state index contributed by atoms with van der Waals surface area (Å²) in [6.45, 7) is 9.78. The van der Waals surface area contributed by atoms with E-state index in [9.17, 15) is 0 Å². The van der Waals surface area contributed by atoms with Crippen LogP contribution in [0.4, 0.5) is 0 Å². The highest BCUT2D eigenvalue weighted by atomic mass is 14.4. The Labute approximate surface area is 90.5 Å². The van der Waals surface area contributed by atoms with E-state index in [1.807, 2.05) is 0 Å². The Morgan fingerprint density at radius 3 is 2.36 bits per heavy atom. The zero-order valence-electron chi connectivity index (χ0n) is 10.6. The second-order valence-corrected chi connectivity index (χ2v) is 5.96. The molecule has 0 aromatic heterocycles. The lowest BCUT2D eigenvalue weighted by atomic mass is 9.68. The molecule has 2 unspecified atom stereocenters. The summed E-state index contributed by atoms with van der Waals surface area (Å²) in [5, 5.41) is 0. The fraction of sp³-hybridized carbons (Fsp3) is 1.00. The van der Waals surface area contributed by atoms with Crippen LogP contribution < -0.4 is 0 Å². The Morgan fingerprint density at radius 1 is 1.07 bits per heavy atom. The maximum Gasteiger partial charge on any atom is -0.0323 e. The van der Waals surface area contributed by atoms with E-state index in [0.29, 0.717) is 5.41 Å². The lowest BCUT2D eigenvalue weighted by Crippen LogP contribution is -2.28. The molecule has 1 saturated carbocycles. The molecule has 0 saturated heterocycles. The largest absolute Gasteiger partial charge is 0.0654 e. The fourth-order valence-electron chi connectivity index (χ4n) is 3.48. The molecule has 1 aliphatic rings. The topological polar surface area (TPSA) is 0 Å². The first-order chi connectivity index (χ1) is 6.58. The molecule has 0 spiro atoms. The van der Waals surface area contributed by atoms with E-state index in [0.717, 1.165) is 11.8 Å². The maximum absolute atomic E-state index is 2.49. The smallest absolute Gasteiger partial charge is 0.0323 e. The minimum atomic E-state index is 0.582. The molecule has 0 aliphatic heterocycles. The van der Waals surface area contributed by atoms with Gasteiger partial charge in [0, 0.05) is 0 Å². The van der Waals surface area contributed by atoms with Gasteiger partial charge in [-0.3, -0.25) is 0 Å². The molecule has 0 heteroatoms. The van der Waals surface area contributed by atoms with Crippen molar-refractivity contribution >= 4 is 0 Å². The monoisotopic (exact) mass is 196 g/mol. The zero-order valence-corrected chi connectivity index (χ0v) is 10.6. The SMILES string of the molecule is CCCC(C)(C)C1CCCCCC1C. The van der Waals surface area contributed by atoms with Crippen LogP contribution in [0.25, 0.3) is 0 Å². The Balaban J connectivity index is 2.61. The second-order valence-electron chi connectivity index (χ2n) is 5.96. The van der Waals surface area contributed by atoms with Crippen LogP contribution in [0.2, 0.25) is 0 Å². The standard InChI is InChI=1S/C14H28/c1-5-11-14(3,4)13-10-8-6-7-9-12(13)2/h12-13H,5-11H2,1-4H3. The molecule has 0 amide bonds. The van der Waals surface area contributed by atoms with Crippen molar-refractivity contribution in [3.05, 3.63) is 0 Å². The average Bonchev–Trinajstić information content (AvgIpc) is 2.29. The molecule has 0 radical (unpaired) electrons. The summed E-state index contributed by atoms with van der Waals surface area (Å²) in [5.74, 6) is 1.93. The molecule has 0 bridgehead atoms. The van der Waals surface area contributed by atoms with Gasteiger partial charge < -0.3 is 0 Å². The Hall–Kier alpha value is 0. The van der Waals surface area contributed by atoms with Gasteiger partial charge in [0.2, 0.25) is 0 Å². The van der Waals surface area contributed by atoms with E-state index >= 15 is 0 Å². The predicted octanol–water partition coefficient (Wildman–Crippen LogP) is 5.03. The van der Waals surface area contributed by atoms with E-state index in [-0.39, 0.29) is 0 Å². The molecule has 84 valence electrons. The third-order valence-electron chi connectivity index (χ3n) is 4.26. The summed E-state index contributed by atoms with van der Waals surface area (Å²) < 4.78 is 0. The molecule has 0 aromatic carbocycles. The van der Waals surface area contributed by atoms with Crippen LogP contribution in [0.3, 0.4) is 0 Å². The van der Waals surface area contributed by atoms with Crippen molar-refractivity contribution in [2.45, 2.75) is 72.6 Å². The summed E-state index contributed by atoms with van der Waals surface area (Å²) in [6.07, 6.45) is 10.1. The van der Waals surface area contributed by atoms with Gasteiger partial charge in [-0.15, -0.1) is 0 Å². The number of hydrogen-bond acceptors (Lipinski definition) is 0. The third kappa shape index (κ3) is 3.00. The first kappa shape index (κ1) is 12.1. The van der Waals surface area contributed by atoms with E-state index < -0.39 is 0 Å². The summed E-state index contributed by atoms with van der Waals surface area (Å²) >= 11 is 0. The van der Waals surface area contributed by atoms with Crippen molar-refractivity contribution in [1.29, 1.82) is 0 Å². The van der Waals surface area contributed by atoms with Crippen LogP contribution in [-0.4, -0.2) is 0 Å². The van der Waals surface area contributed by atoms with Crippen molar-refractivity contribution in [1.82, 2.24) is 0 Å². The molecule has 1 fully saturated rings. The molecule has 14 heavy (non-hydrogen) atoms. The van der Waals surface area contributed by atoms with Crippen LogP contribution in [0.1, 0.15) is 72.6 Å². The van der Waals surface area contributed by atoms with Crippen LogP contribution in [0.15, 0.2) is 0 Å². The highest BCUT2D eigenvalue weighted by molar-refractivity contribution is 4.83. The van der Waals surface area contributed by atoms with Gasteiger partial charge in [-0.1, -0.05) is 59.8 Å². The van der Waals surface area contributed by atoms with E-state index in [1.54, 1.807) is 0 Å². The highest BCUT2D eigenvalue weighted by Gasteiger charge is 2.33. The van der Waals surface area contributed by atoms with Crippen molar-refractivity contribution < 1.29 is 0 Å². The van der Waals surface area contributed by atoms with Crippen molar-refractivity contribution in [3.63, 3.8) is 0 Å². The quantitative estimate of drug-likeness (QED) is 0.555. The molecule has 0 nitrogen and oxygen atoms in total. The van der Waals surface area contributed by atoms with Gasteiger partial charge >= 0.3 is 0 Å². The molecule has 1 aliphatic carbocycles. The van der Waals surface area contributed by atoms with Crippen LogP contribution in [-0.2, 0) is 0 Å². The van der Waals surface area contributed by atoms with Gasteiger partial charge in [-0.25, -0.2) is 0 Å². The summed E-state index contributed by atoms with van der Waals surface area (Å²) in [7, 11) is 0. The lowest BCUT2D eigenvalue weighted by Gasteiger charge is -2.37. The number of hydrogen-bond donors (Lipinski definition) is 0. The summed E-state index contributed by atoms with van der Waals surface area (Å²) in [4.78, 5) is 0. The maximum atomic E-state index is 2.49. The van der Waals surface area contributed by atoms with Crippen LogP contribution in [0, 0.1) is 17.3 Å². The zero-order chi connectivity index (χ0) is 10.6. The van der Waals surface area contributed by atoms with E-state index in [2.05, 4.69) is 27.7 Å². The fourth-order valence-corrected chi connectivity index (χ4v) is 3.48. The number of rotatable bonds is 3. The third-order valence-corrected chi connectivity index (χ3v) is 4.26. The molecule has 0 aromatic rings. The summed E-state index contributed by atoms with van der Waals surface area (Å²) in [6, 6.07) is 0. The van der Waals surface area contributed by atoms with Gasteiger partial charge in [0.15, 0.2) is 0 Å². The molecule has 2 atom stereocenters. The van der Waals surface area contributed by atoms with E-state index in [1.165, 1.54) is 44.9 Å². The Kier molecular flexibility index (Phi) is 4.47. The van der Waals surface area contributed by atoms with Gasteiger partial charge in [0.1, 0.15) is 0 Å². The molecule has 1 rings (SSSR count). The average molecular weight is 196 g/mol. The van der Waals surface area contributed by atoms with Crippen LogP contribution in [0.5, 0.6) is 0 Å². The van der Waals surface area contributed by atoms with Crippen molar-refractivity contribution in [2.24, 2.45) is 17.3 Å². The minimum absolute atomic E-state index is 0.582. The normalized spacial score (nSPS) is 30.0. The van der Waals surface area contributed by atoms with Crippen molar-refractivity contribution in [3.8, 4) is 0 Å². The van der Waals surface area contributed by atoms with Gasteiger partial charge in [0.05, 0.1) is 0 Å². The lowest BCUT2D eigenvalue weighted by molar-refractivity contribution is 0.125. The van der Waals surface area contributed by atoms with Gasteiger partial charge in [0.25, 0.3) is 0 Å². The first-order valence-electron chi connectivity index (χ1n) is 6.58. The molecular weight excluding hydrogens is 168 g/mol. The predicted molar refractivity (Wildman–Crippen MR) is 64.4 cm³/mol. The van der Waals surface area contributed by atoms with Crippen molar-refractivity contribution in [2.75, 3.05) is 0 Å². The summed E-state index contributed by atoms with van der Waals surface area (Å²) in [5.41, 5.74) is 0.582. The van der Waals surface area contributed by atoms with E-state index in [4.69, 9.17) is 0 Å². The highest BCUT2D eigenvalue weighted by Crippen LogP contribution is 2.43. The van der Waals surface area contributed by atoms with Crippen LogP contribution >= 0.6 is 0 Å². The Morgan fingerprint density at radius 2 is 1.71 bits per heavy atom. The molecule has 0 N–H and O–H groups in total. The first-order valence-corrected chi connectivity index (χ1v) is 6.58. The second kappa shape index (κ2) is 5.19. The molecular formula is C14H28. The minimum Gasteiger partial charge on any atom is -0.0654 e. The Bertz CT molecular complexity index is 157.